The summed E-state index contributed by atoms with van der Waals surface area (Å²) in [5, 5.41) is 4.55. The summed E-state index contributed by atoms with van der Waals surface area (Å²) in [6.07, 6.45) is 0. The van der Waals surface area contributed by atoms with Gasteiger partial charge in [0.15, 0.2) is 0 Å². The van der Waals surface area contributed by atoms with Crippen molar-refractivity contribution >= 4 is 35.6 Å². The lowest BCUT2D eigenvalue weighted by Gasteiger charge is -2.13. The highest BCUT2D eigenvalue weighted by atomic mass is 35.5. The summed E-state index contributed by atoms with van der Waals surface area (Å²) in [5.74, 6) is 0.846. The van der Waals surface area contributed by atoms with Crippen molar-refractivity contribution in [3.63, 3.8) is 0 Å². The van der Waals surface area contributed by atoms with E-state index in [1.165, 1.54) is 0 Å². The lowest BCUT2D eigenvalue weighted by molar-refractivity contribution is 0.199. The van der Waals surface area contributed by atoms with Crippen LogP contribution in [0.5, 0.6) is 5.75 Å². The first-order valence-corrected chi connectivity index (χ1v) is 7.80. The first kappa shape index (κ1) is 20.1. The van der Waals surface area contributed by atoms with Crippen LogP contribution in [0.4, 0.5) is 0 Å². The van der Waals surface area contributed by atoms with E-state index >= 15 is 0 Å². The molecule has 0 bridgehead atoms. The Labute approximate surface area is 153 Å². The van der Waals surface area contributed by atoms with Crippen LogP contribution >= 0.6 is 35.6 Å². The van der Waals surface area contributed by atoms with Gasteiger partial charge in [0.05, 0.1) is 6.61 Å². The van der Waals surface area contributed by atoms with Crippen LogP contribution in [0.1, 0.15) is 11.1 Å². The molecule has 0 radical (unpaired) electrons. The molecule has 23 heavy (non-hydrogen) atoms. The molecule has 2 aromatic rings. The average molecular weight is 377 g/mol. The smallest absolute Gasteiger partial charge is 0.124 e. The summed E-state index contributed by atoms with van der Waals surface area (Å²) in [6.45, 7) is 2.62. The van der Waals surface area contributed by atoms with Gasteiger partial charge in [0.25, 0.3) is 0 Å². The van der Waals surface area contributed by atoms with Crippen LogP contribution in [-0.4, -0.2) is 20.3 Å². The molecule has 0 amide bonds. The van der Waals surface area contributed by atoms with Crippen LogP contribution in [0.3, 0.4) is 0 Å². The molecule has 126 valence electrons. The number of rotatable bonds is 8. The Balaban J connectivity index is 0.00000264. The maximum Gasteiger partial charge on any atom is 0.124 e. The highest BCUT2D eigenvalue weighted by Gasteiger charge is 2.06. The summed E-state index contributed by atoms with van der Waals surface area (Å²) in [4.78, 5) is 0. The molecule has 0 saturated heterocycles. The average Bonchev–Trinajstić information content (AvgIpc) is 2.52. The zero-order valence-electron chi connectivity index (χ0n) is 12.9. The van der Waals surface area contributed by atoms with Gasteiger partial charge in [0.2, 0.25) is 0 Å². The Morgan fingerprint density at radius 3 is 2.57 bits per heavy atom. The minimum atomic E-state index is 0. The molecule has 3 nitrogen and oxygen atoms in total. The zero-order chi connectivity index (χ0) is 15.8. The van der Waals surface area contributed by atoms with Crippen LogP contribution in [0.15, 0.2) is 42.5 Å². The van der Waals surface area contributed by atoms with Crippen LogP contribution in [0.2, 0.25) is 10.0 Å². The standard InChI is InChI=1S/C17H19Cl2NO2.ClH/c1-21-9-8-20-11-13-4-2-3-5-17(13)22-12-14-6-7-15(18)10-16(14)19;/h2-7,10,20H,8-9,11-12H2,1H3;1H. The topological polar surface area (TPSA) is 30.5 Å². The van der Waals surface area contributed by atoms with Gasteiger partial charge in [-0.05, 0) is 18.2 Å². The molecule has 0 saturated carbocycles. The van der Waals surface area contributed by atoms with E-state index in [-0.39, 0.29) is 12.4 Å². The molecule has 2 aromatic carbocycles. The molecule has 2 rings (SSSR count). The second-order valence-electron chi connectivity index (χ2n) is 4.80. The minimum absolute atomic E-state index is 0. The number of nitrogens with one attached hydrogen (secondary N) is 1. The first-order valence-electron chi connectivity index (χ1n) is 7.05. The third-order valence-corrected chi connectivity index (χ3v) is 3.76. The van der Waals surface area contributed by atoms with E-state index in [0.717, 1.165) is 30.0 Å². The van der Waals surface area contributed by atoms with Crippen LogP contribution in [0.25, 0.3) is 0 Å². The van der Waals surface area contributed by atoms with E-state index in [1.807, 2.05) is 36.4 Å². The summed E-state index contributed by atoms with van der Waals surface area (Å²) in [7, 11) is 1.69. The van der Waals surface area contributed by atoms with Crippen molar-refractivity contribution < 1.29 is 9.47 Å². The van der Waals surface area contributed by atoms with E-state index in [0.29, 0.717) is 23.3 Å². The number of methoxy groups -OCH3 is 1. The van der Waals surface area contributed by atoms with Crippen LogP contribution in [0, 0.1) is 0 Å². The van der Waals surface area contributed by atoms with Gasteiger partial charge in [-0.3, -0.25) is 0 Å². The fourth-order valence-electron chi connectivity index (χ4n) is 1.98. The van der Waals surface area contributed by atoms with E-state index < -0.39 is 0 Å². The Kier molecular flexibility index (Phi) is 9.37. The Hall–Kier alpha value is -0.970. The molecule has 1 N–H and O–H groups in total. The normalized spacial score (nSPS) is 10.2. The maximum atomic E-state index is 6.16. The van der Waals surface area contributed by atoms with Gasteiger partial charge in [-0.25, -0.2) is 0 Å². The fraction of sp³-hybridized carbons (Fsp3) is 0.294. The summed E-state index contributed by atoms with van der Waals surface area (Å²) >= 11 is 12.1. The Morgan fingerprint density at radius 2 is 1.83 bits per heavy atom. The largest absolute Gasteiger partial charge is 0.489 e. The Bertz CT molecular complexity index is 608. The molecule has 6 heteroatoms. The maximum absolute atomic E-state index is 6.16. The third kappa shape index (κ3) is 6.58. The van der Waals surface area contributed by atoms with Crippen molar-refractivity contribution in [1.82, 2.24) is 5.32 Å². The van der Waals surface area contributed by atoms with E-state index in [9.17, 15) is 0 Å². The molecule has 0 spiro atoms. The number of hydrogen-bond acceptors (Lipinski definition) is 3. The van der Waals surface area contributed by atoms with Crippen molar-refractivity contribution in [1.29, 1.82) is 0 Å². The Morgan fingerprint density at radius 1 is 1.04 bits per heavy atom. The second-order valence-corrected chi connectivity index (χ2v) is 5.65. The molecular weight excluding hydrogens is 357 g/mol. The van der Waals surface area contributed by atoms with Crippen molar-refractivity contribution in [2.75, 3.05) is 20.3 Å². The summed E-state index contributed by atoms with van der Waals surface area (Å²) in [6, 6.07) is 13.4. The van der Waals surface area contributed by atoms with Crippen molar-refractivity contribution in [3.8, 4) is 5.75 Å². The fourth-order valence-corrected chi connectivity index (χ4v) is 2.45. The van der Waals surface area contributed by atoms with Crippen molar-refractivity contribution in [2.24, 2.45) is 0 Å². The number of hydrogen-bond donors (Lipinski definition) is 1. The van der Waals surface area contributed by atoms with Gasteiger partial charge in [-0.15, -0.1) is 12.4 Å². The molecule has 0 aromatic heterocycles. The first-order chi connectivity index (χ1) is 10.7. The SMILES string of the molecule is COCCNCc1ccccc1OCc1ccc(Cl)cc1Cl.Cl. The number of halogens is 3. The third-order valence-electron chi connectivity index (χ3n) is 3.17. The van der Waals surface area contributed by atoms with E-state index in [1.54, 1.807) is 13.2 Å². The van der Waals surface area contributed by atoms with Gasteiger partial charge < -0.3 is 14.8 Å². The minimum Gasteiger partial charge on any atom is -0.489 e. The monoisotopic (exact) mass is 375 g/mol. The zero-order valence-corrected chi connectivity index (χ0v) is 15.2. The highest BCUT2D eigenvalue weighted by Crippen LogP contribution is 2.24. The van der Waals surface area contributed by atoms with Crippen LogP contribution in [-0.2, 0) is 17.9 Å². The number of ether oxygens (including phenoxy) is 2. The summed E-state index contributed by atoms with van der Waals surface area (Å²) < 4.78 is 10.9. The van der Waals surface area contributed by atoms with Crippen LogP contribution < -0.4 is 10.1 Å². The van der Waals surface area contributed by atoms with E-state index in [2.05, 4.69) is 5.32 Å². The van der Waals surface area contributed by atoms with Gasteiger partial charge in [-0.2, -0.15) is 0 Å². The molecular formula is C17H20Cl3NO2. The van der Waals surface area contributed by atoms with Gasteiger partial charge in [0.1, 0.15) is 12.4 Å². The van der Waals surface area contributed by atoms with Crippen molar-refractivity contribution in [2.45, 2.75) is 13.2 Å². The lowest BCUT2D eigenvalue weighted by Crippen LogP contribution is -2.19. The summed E-state index contributed by atoms with van der Waals surface area (Å²) in [5.41, 5.74) is 2.01. The predicted molar refractivity (Wildman–Crippen MR) is 98.1 cm³/mol. The number of benzene rings is 2. The molecule has 0 fully saturated rings. The van der Waals surface area contributed by atoms with Gasteiger partial charge >= 0.3 is 0 Å². The van der Waals surface area contributed by atoms with Gasteiger partial charge in [0, 0.05) is 41.4 Å². The second kappa shape index (κ2) is 10.7. The van der Waals surface area contributed by atoms with Crippen molar-refractivity contribution in [3.05, 3.63) is 63.6 Å². The molecule has 0 heterocycles. The van der Waals surface area contributed by atoms with E-state index in [4.69, 9.17) is 32.7 Å². The van der Waals surface area contributed by atoms with Gasteiger partial charge in [-0.1, -0.05) is 47.5 Å². The molecule has 0 aliphatic heterocycles. The highest BCUT2D eigenvalue weighted by molar-refractivity contribution is 6.35. The molecule has 0 aliphatic carbocycles. The lowest BCUT2D eigenvalue weighted by atomic mass is 10.2. The number of para-hydroxylation sites is 1. The predicted octanol–water partition coefficient (Wildman–Crippen LogP) is 4.73. The quantitative estimate of drug-likeness (QED) is 0.676. The molecule has 0 aliphatic rings. The molecule has 0 unspecified atom stereocenters. The molecule has 0 atom stereocenters.